The number of anilines is 1. The summed E-state index contributed by atoms with van der Waals surface area (Å²) >= 11 is 1.07. The molecule has 9 nitrogen and oxygen atoms in total. The first-order valence-electron chi connectivity index (χ1n) is 8.86. The molecule has 0 aliphatic rings. The fourth-order valence-corrected chi connectivity index (χ4v) is 3.74. The summed E-state index contributed by atoms with van der Waals surface area (Å²) in [4.78, 5) is 36.3. The third-order valence-corrected chi connectivity index (χ3v) is 5.22. The number of carbonyl (C=O) groups excluding carboxylic acids is 1. The largest absolute Gasteiger partial charge is 0.345 e. The molecule has 0 radical (unpaired) electrons. The first-order chi connectivity index (χ1) is 15.0. The van der Waals surface area contributed by atoms with Crippen LogP contribution in [0.4, 0.5) is 15.9 Å². The maximum Gasteiger partial charge on any atom is 0.345 e. The monoisotopic (exact) mass is 436 g/mol. The average molecular weight is 436 g/mol. The van der Waals surface area contributed by atoms with E-state index in [2.05, 4.69) is 25.8 Å². The fraction of sp³-hybridized carbons (Fsp3) is 0. The molecule has 2 aromatic heterocycles. The number of pyridine rings is 1. The number of para-hydroxylation sites is 1. The smallest absolute Gasteiger partial charge is 0.276 e. The first-order valence-corrected chi connectivity index (χ1v) is 9.67. The standard InChI is InChI=1S/C20H13FN6O3S/c21-14-8-6-13(7-9-14)19(28)26-25-18-17(27(29)30)20(24-11-23-18)31-15-5-1-3-12-4-2-10-22-16(12)15/h1-11H,(H,26,28)(H,23,24,25). The van der Waals surface area contributed by atoms with Crippen LogP contribution in [-0.4, -0.2) is 25.8 Å². The van der Waals surface area contributed by atoms with Crippen LogP contribution < -0.4 is 10.9 Å². The Kier molecular flexibility index (Phi) is 5.67. The molecular formula is C20H13FN6O3S. The topological polar surface area (TPSA) is 123 Å². The van der Waals surface area contributed by atoms with Gasteiger partial charge in [-0.05, 0) is 36.4 Å². The number of nitro groups is 1. The second-order valence-electron chi connectivity index (χ2n) is 6.15. The Labute approximate surface area is 178 Å². The Balaban J connectivity index is 1.61. The van der Waals surface area contributed by atoms with E-state index in [0.717, 1.165) is 35.6 Å². The fourth-order valence-electron chi connectivity index (χ4n) is 2.75. The molecule has 1 amide bonds. The number of rotatable bonds is 6. The van der Waals surface area contributed by atoms with Gasteiger partial charge < -0.3 is 0 Å². The highest BCUT2D eigenvalue weighted by Crippen LogP contribution is 2.38. The number of fused-ring (bicyclic) bond motifs is 1. The summed E-state index contributed by atoms with van der Waals surface area (Å²) in [6.07, 6.45) is 2.79. The minimum Gasteiger partial charge on any atom is -0.276 e. The van der Waals surface area contributed by atoms with Crippen LogP contribution in [0, 0.1) is 15.9 Å². The lowest BCUT2D eigenvalue weighted by Crippen LogP contribution is -2.30. The molecular weight excluding hydrogens is 423 g/mol. The summed E-state index contributed by atoms with van der Waals surface area (Å²) in [7, 11) is 0. The lowest BCUT2D eigenvalue weighted by atomic mass is 10.2. The minimum atomic E-state index is -0.632. The van der Waals surface area contributed by atoms with Crippen LogP contribution in [0.15, 0.2) is 77.0 Å². The highest BCUT2D eigenvalue weighted by molar-refractivity contribution is 7.99. The second kappa shape index (κ2) is 8.71. The Morgan fingerprint density at radius 3 is 2.58 bits per heavy atom. The van der Waals surface area contributed by atoms with Crippen LogP contribution in [0.1, 0.15) is 10.4 Å². The van der Waals surface area contributed by atoms with E-state index >= 15 is 0 Å². The van der Waals surface area contributed by atoms with Gasteiger partial charge >= 0.3 is 5.69 Å². The van der Waals surface area contributed by atoms with Crippen molar-refractivity contribution in [1.29, 1.82) is 0 Å². The third kappa shape index (κ3) is 4.41. The van der Waals surface area contributed by atoms with E-state index in [4.69, 9.17) is 0 Å². The molecule has 0 saturated heterocycles. The number of hydrogen-bond acceptors (Lipinski definition) is 8. The molecule has 0 spiro atoms. The van der Waals surface area contributed by atoms with Crippen molar-refractivity contribution >= 4 is 40.1 Å². The van der Waals surface area contributed by atoms with E-state index in [1.165, 1.54) is 12.1 Å². The number of hydrogen-bond donors (Lipinski definition) is 2. The van der Waals surface area contributed by atoms with Gasteiger partial charge in [0.2, 0.25) is 5.82 Å². The molecule has 0 atom stereocenters. The zero-order chi connectivity index (χ0) is 21.8. The molecule has 2 heterocycles. The van der Waals surface area contributed by atoms with E-state index < -0.39 is 22.3 Å². The average Bonchev–Trinajstić information content (AvgIpc) is 2.78. The van der Waals surface area contributed by atoms with E-state index in [0.29, 0.717) is 10.4 Å². The highest BCUT2D eigenvalue weighted by atomic mass is 32.2. The molecule has 4 aromatic rings. The van der Waals surface area contributed by atoms with Crippen LogP contribution in [0.2, 0.25) is 0 Å². The number of nitrogens with one attached hydrogen (secondary N) is 2. The summed E-state index contributed by atoms with van der Waals surface area (Å²) < 4.78 is 13.0. The number of carbonyl (C=O) groups is 1. The van der Waals surface area contributed by atoms with E-state index in [9.17, 15) is 19.3 Å². The maximum absolute atomic E-state index is 13.0. The Hall–Kier alpha value is -4.12. The van der Waals surface area contributed by atoms with Crippen LogP contribution in [-0.2, 0) is 0 Å². The van der Waals surface area contributed by atoms with E-state index in [-0.39, 0.29) is 16.4 Å². The summed E-state index contributed by atoms with van der Waals surface area (Å²) in [5, 5.41) is 12.7. The zero-order valence-corrected chi connectivity index (χ0v) is 16.5. The molecule has 31 heavy (non-hydrogen) atoms. The van der Waals surface area contributed by atoms with Crippen molar-refractivity contribution in [2.45, 2.75) is 9.92 Å². The van der Waals surface area contributed by atoms with Crippen LogP contribution in [0.3, 0.4) is 0 Å². The van der Waals surface area contributed by atoms with Gasteiger partial charge in [-0.3, -0.25) is 30.7 Å². The molecule has 0 saturated carbocycles. The molecule has 11 heteroatoms. The molecule has 2 aromatic carbocycles. The van der Waals surface area contributed by atoms with Gasteiger partial charge in [0.25, 0.3) is 5.91 Å². The molecule has 0 aliphatic carbocycles. The minimum absolute atomic E-state index is 0.0803. The number of nitrogens with zero attached hydrogens (tertiary/aromatic N) is 4. The summed E-state index contributed by atoms with van der Waals surface area (Å²) in [6.45, 7) is 0. The molecule has 4 rings (SSSR count). The predicted octanol–water partition coefficient (Wildman–Crippen LogP) is 3.98. The second-order valence-corrected chi connectivity index (χ2v) is 7.18. The Morgan fingerprint density at radius 1 is 1.03 bits per heavy atom. The van der Waals surface area contributed by atoms with Gasteiger partial charge in [-0.25, -0.2) is 14.4 Å². The quantitative estimate of drug-likeness (QED) is 0.264. The van der Waals surface area contributed by atoms with Gasteiger partial charge in [0.15, 0.2) is 5.03 Å². The van der Waals surface area contributed by atoms with E-state index in [1.807, 2.05) is 18.2 Å². The van der Waals surface area contributed by atoms with Crippen molar-refractivity contribution in [3.63, 3.8) is 0 Å². The van der Waals surface area contributed by atoms with Gasteiger partial charge in [0.05, 0.1) is 10.4 Å². The van der Waals surface area contributed by atoms with Crippen molar-refractivity contribution in [2.24, 2.45) is 0 Å². The van der Waals surface area contributed by atoms with Crippen molar-refractivity contribution in [2.75, 3.05) is 5.43 Å². The summed E-state index contributed by atoms with van der Waals surface area (Å²) in [5.41, 5.74) is 5.23. The van der Waals surface area contributed by atoms with Crippen molar-refractivity contribution in [3.8, 4) is 0 Å². The first kappa shape index (κ1) is 20.2. The lowest BCUT2D eigenvalue weighted by molar-refractivity contribution is -0.387. The van der Waals surface area contributed by atoms with Gasteiger partial charge in [-0.15, -0.1) is 0 Å². The number of benzene rings is 2. The molecule has 0 unspecified atom stereocenters. The number of aromatic nitrogens is 3. The van der Waals surface area contributed by atoms with Crippen molar-refractivity contribution < 1.29 is 14.1 Å². The molecule has 0 bridgehead atoms. The van der Waals surface area contributed by atoms with Gasteiger partial charge in [0.1, 0.15) is 12.1 Å². The van der Waals surface area contributed by atoms with Crippen LogP contribution in [0.25, 0.3) is 10.9 Å². The molecule has 0 fully saturated rings. The Morgan fingerprint density at radius 2 is 1.81 bits per heavy atom. The zero-order valence-electron chi connectivity index (χ0n) is 15.7. The van der Waals surface area contributed by atoms with Crippen LogP contribution >= 0.6 is 11.8 Å². The predicted molar refractivity (Wildman–Crippen MR) is 112 cm³/mol. The third-order valence-electron chi connectivity index (χ3n) is 4.17. The molecule has 0 aliphatic heterocycles. The Bertz CT molecular complexity index is 1280. The van der Waals surface area contributed by atoms with Crippen molar-refractivity contribution in [3.05, 3.63) is 88.6 Å². The number of halogens is 1. The number of amides is 1. The van der Waals surface area contributed by atoms with Crippen molar-refractivity contribution in [1.82, 2.24) is 20.4 Å². The normalized spacial score (nSPS) is 10.6. The SMILES string of the molecule is O=C(NNc1ncnc(Sc2cccc3cccnc23)c1[N+](=O)[O-])c1ccc(F)cc1. The molecule has 154 valence electrons. The number of hydrazine groups is 1. The lowest BCUT2D eigenvalue weighted by Gasteiger charge is -2.10. The van der Waals surface area contributed by atoms with Gasteiger partial charge in [-0.2, -0.15) is 0 Å². The molecule has 2 N–H and O–H groups in total. The van der Waals surface area contributed by atoms with E-state index in [1.54, 1.807) is 18.3 Å². The van der Waals surface area contributed by atoms with Gasteiger partial charge in [-0.1, -0.05) is 30.0 Å². The summed E-state index contributed by atoms with van der Waals surface area (Å²) in [6, 6.07) is 14.0. The highest BCUT2D eigenvalue weighted by Gasteiger charge is 2.25. The summed E-state index contributed by atoms with van der Waals surface area (Å²) in [5.74, 6) is -1.29. The van der Waals surface area contributed by atoms with Crippen LogP contribution in [0.5, 0.6) is 0 Å². The maximum atomic E-state index is 13.0. The van der Waals surface area contributed by atoms with Gasteiger partial charge in [0, 0.05) is 22.0 Å².